The summed E-state index contributed by atoms with van der Waals surface area (Å²) in [4.78, 5) is 6.91. The summed E-state index contributed by atoms with van der Waals surface area (Å²) in [6.45, 7) is 4.14. The summed E-state index contributed by atoms with van der Waals surface area (Å²) in [6.07, 6.45) is 3.11. The van der Waals surface area contributed by atoms with Crippen molar-refractivity contribution in [3.63, 3.8) is 0 Å². The number of anilines is 1. The molecule has 0 saturated carbocycles. The van der Waals surface area contributed by atoms with E-state index < -0.39 is 0 Å². The van der Waals surface area contributed by atoms with Crippen LogP contribution in [0.4, 0.5) is 5.95 Å². The summed E-state index contributed by atoms with van der Waals surface area (Å²) in [7, 11) is 2.03. The van der Waals surface area contributed by atoms with E-state index in [1.165, 1.54) is 11.1 Å². The Labute approximate surface area is 125 Å². The molecule has 0 spiro atoms. The van der Waals surface area contributed by atoms with E-state index in [1.807, 2.05) is 7.05 Å². The van der Waals surface area contributed by atoms with Crippen molar-refractivity contribution in [2.75, 3.05) is 25.0 Å². The number of aromatic amines is 1. The highest BCUT2D eigenvalue weighted by molar-refractivity contribution is 5.31. The Balaban J connectivity index is 1.62. The molecule has 112 valence electrons. The molecule has 21 heavy (non-hydrogen) atoms. The summed E-state index contributed by atoms with van der Waals surface area (Å²) < 4.78 is 0. The van der Waals surface area contributed by atoms with Crippen molar-refractivity contribution in [3.8, 4) is 0 Å². The lowest BCUT2D eigenvalue weighted by molar-refractivity contribution is 0.439. The van der Waals surface area contributed by atoms with E-state index in [2.05, 4.69) is 56.6 Å². The Hall–Kier alpha value is -1.88. The fourth-order valence-electron chi connectivity index (χ4n) is 2.77. The molecule has 2 aromatic rings. The number of rotatable bonds is 4. The Kier molecular flexibility index (Phi) is 4.20. The lowest BCUT2D eigenvalue weighted by Crippen LogP contribution is -2.41. The van der Waals surface area contributed by atoms with Crippen LogP contribution in [-0.2, 0) is 6.42 Å². The Morgan fingerprint density at radius 1 is 1.24 bits per heavy atom. The van der Waals surface area contributed by atoms with Crippen LogP contribution < -0.4 is 10.2 Å². The summed E-state index contributed by atoms with van der Waals surface area (Å²) in [5, 5.41) is 10.8. The third-order valence-electron chi connectivity index (χ3n) is 4.20. The Morgan fingerprint density at radius 2 is 1.95 bits per heavy atom. The molecule has 0 radical (unpaired) electrons. The van der Waals surface area contributed by atoms with Gasteiger partial charge in [-0.1, -0.05) is 29.8 Å². The average Bonchev–Trinajstić information content (AvgIpc) is 2.98. The van der Waals surface area contributed by atoms with Crippen molar-refractivity contribution in [1.29, 1.82) is 0 Å². The zero-order chi connectivity index (χ0) is 14.7. The van der Waals surface area contributed by atoms with E-state index in [1.54, 1.807) is 0 Å². The molecule has 1 aromatic heterocycles. The number of hydrogen-bond donors (Lipinski definition) is 2. The first-order chi connectivity index (χ1) is 10.2. The van der Waals surface area contributed by atoms with Gasteiger partial charge in [0.15, 0.2) is 0 Å². The predicted molar refractivity (Wildman–Crippen MR) is 84.7 cm³/mol. The van der Waals surface area contributed by atoms with Gasteiger partial charge in [0.05, 0.1) is 0 Å². The van der Waals surface area contributed by atoms with Gasteiger partial charge in [-0.15, -0.1) is 5.10 Å². The predicted octanol–water partition coefficient (Wildman–Crippen LogP) is 1.89. The van der Waals surface area contributed by atoms with Gasteiger partial charge < -0.3 is 10.2 Å². The fourth-order valence-corrected chi connectivity index (χ4v) is 2.77. The molecule has 0 aliphatic carbocycles. The van der Waals surface area contributed by atoms with Gasteiger partial charge in [0.25, 0.3) is 0 Å². The van der Waals surface area contributed by atoms with Crippen LogP contribution in [0.5, 0.6) is 0 Å². The van der Waals surface area contributed by atoms with E-state index >= 15 is 0 Å². The maximum atomic E-state index is 4.64. The second-order valence-electron chi connectivity index (χ2n) is 5.79. The van der Waals surface area contributed by atoms with Crippen LogP contribution in [-0.4, -0.2) is 41.4 Å². The second-order valence-corrected chi connectivity index (χ2v) is 5.79. The van der Waals surface area contributed by atoms with Crippen LogP contribution in [0.2, 0.25) is 0 Å². The van der Waals surface area contributed by atoms with Crippen molar-refractivity contribution < 1.29 is 0 Å². The van der Waals surface area contributed by atoms with Crippen molar-refractivity contribution in [2.45, 2.75) is 32.2 Å². The topological polar surface area (TPSA) is 56.8 Å². The third-order valence-corrected chi connectivity index (χ3v) is 4.20. The molecule has 5 nitrogen and oxygen atoms in total. The largest absolute Gasteiger partial charge is 0.339 e. The Morgan fingerprint density at radius 3 is 2.62 bits per heavy atom. The summed E-state index contributed by atoms with van der Waals surface area (Å²) >= 11 is 0. The van der Waals surface area contributed by atoms with Crippen molar-refractivity contribution in [3.05, 3.63) is 41.2 Å². The van der Waals surface area contributed by atoms with Crippen LogP contribution in [0.15, 0.2) is 24.3 Å². The van der Waals surface area contributed by atoms with Crippen LogP contribution in [0.1, 0.15) is 29.8 Å². The minimum absolute atomic E-state index is 0.632. The standard InChI is InChI=1S/C16H23N5/c1-12-3-5-13(6-4-12)11-15-18-16(20-19-15)21-9-7-14(17-2)8-10-21/h3-6,14,17H,7-11H2,1-2H3,(H,18,19,20). The molecule has 2 N–H and O–H groups in total. The number of nitrogens with zero attached hydrogens (tertiary/aromatic N) is 3. The van der Waals surface area contributed by atoms with Crippen LogP contribution in [0.3, 0.4) is 0 Å². The summed E-state index contributed by atoms with van der Waals surface area (Å²) in [5.74, 6) is 1.77. The quantitative estimate of drug-likeness (QED) is 0.901. The number of aryl methyl sites for hydroxylation is 1. The molecule has 2 heterocycles. The number of benzene rings is 1. The monoisotopic (exact) mass is 285 g/mol. The molecule has 0 atom stereocenters. The first-order valence-corrected chi connectivity index (χ1v) is 7.63. The van der Waals surface area contributed by atoms with Gasteiger partial charge in [-0.25, -0.2) is 0 Å². The molecule has 0 unspecified atom stereocenters. The molecule has 1 aromatic carbocycles. The number of aromatic nitrogens is 3. The minimum Gasteiger partial charge on any atom is -0.339 e. The van der Waals surface area contributed by atoms with Gasteiger partial charge in [-0.3, -0.25) is 5.10 Å². The number of H-pyrrole nitrogens is 1. The normalized spacial score (nSPS) is 16.4. The lowest BCUT2D eigenvalue weighted by Gasteiger charge is -2.30. The first-order valence-electron chi connectivity index (χ1n) is 7.63. The van der Waals surface area contributed by atoms with Crippen molar-refractivity contribution in [1.82, 2.24) is 20.5 Å². The second kappa shape index (κ2) is 6.26. The van der Waals surface area contributed by atoms with Gasteiger partial charge in [0, 0.05) is 25.6 Å². The molecule has 1 aliphatic heterocycles. The van der Waals surface area contributed by atoms with E-state index in [0.29, 0.717) is 6.04 Å². The number of nitrogens with one attached hydrogen (secondary N) is 2. The third kappa shape index (κ3) is 3.42. The zero-order valence-electron chi connectivity index (χ0n) is 12.8. The van der Waals surface area contributed by atoms with Gasteiger partial charge in [0.2, 0.25) is 5.95 Å². The highest BCUT2D eigenvalue weighted by atomic mass is 15.4. The molecule has 3 rings (SSSR count). The molecule has 0 bridgehead atoms. The van der Waals surface area contributed by atoms with E-state index in [-0.39, 0.29) is 0 Å². The summed E-state index contributed by atoms with van der Waals surface area (Å²) in [5.41, 5.74) is 2.54. The molecule has 1 fully saturated rings. The molecule has 1 saturated heterocycles. The number of hydrogen-bond acceptors (Lipinski definition) is 4. The lowest BCUT2D eigenvalue weighted by atomic mass is 10.1. The van der Waals surface area contributed by atoms with Crippen molar-refractivity contribution in [2.24, 2.45) is 0 Å². The smallest absolute Gasteiger partial charge is 0.244 e. The van der Waals surface area contributed by atoms with E-state index in [4.69, 9.17) is 0 Å². The van der Waals surface area contributed by atoms with Crippen LogP contribution in [0, 0.1) is 6.92 Å². The van der Waals surface area contributed by atoms with Crippen LogP contribution >= 0.6 is 0 Å². The molecular formula is C16H23N5. The van der Waals surface area contributed by atoms with Crippen molar-refractivity contribution >= 4 is 5.95 Å². The molecular weight excluding hydrogens is 262 g/mol. The Bertz CT molecular complexity index is 567. The maximum absolute atomic E-state index is 4.64. The highest BCUT2D eigenvalue weighted by Gasteiger charge is 2.20. The van der Waals surface area contributed by atoms with Gasteiger partial charge in [-0.2, -0.15) is 4.98 Å². The van der Waals surface area contributed by atoms with Gasteiger partial charge >= 0.3 is 0 Å². The van der Waals surface area contributed by atoms with Gasteiger partial charge in [0.1, 0.15) is 5.82 Å². The fraction of sp³-hybridized carbons (Fsp3) is 0.500. The average molecular weight is 285 g/mol. The SMILES string of the molecule is CNC1CCN(c2n[nH]c(Cc3ccc(C)cc3)n2)CC1. The minimum atomic E-state index is 0.632. The first kappa shape index (κ1) is 14.1. The van der Waals surface area contributed by atoms with Crippen LogP contribution in [0.25, 0.3) is 0 Å². The zero-order valence-corrected chi connectivity index (χ0v) is 12.8. The summed E-state index contributed by atoms with van der Waals surface area (Å²) in [6, 6.07) is 9.20. The van der Waals surface area contributed by atoms with E-state index in [0.717, 1.165) is 44.1 Å². The van der Waals surface area contributed by atoms with E-state index in [9.17, 15) is 0 Å². The molecule has 1 aliphatic rings. The molecule has 0 amide bonds. The maximum Gasteiger partial charge on any atom is 0.244 e. The highest BCUT2D eigenvalue weighted by Crippen LogP contribution is 2.16. The number of piperidine rings is 1. The van der Waals surface area contributed by atoms with Gasteiger partial charge in [-0.05, 0) is 32.4 Å². The molecule has 5 heteroatoms.